The molecule has 176 valence electrons. The van der Waals surface area contributed by atoms with E-state index in [0.717, 1.165) is 40.3 Å². The van der Waals surface area contributed by atoms with Crippen molar-refractivity contribution in [1.29, 1.82) is 0 Å². The molecule has 0 spiro atoms. The Kier molecular flexibility index (Phi) is 5.29. The number of aromatic nitrogens is 3. The van der Waals surface area contributed by atoms with E-state index < -0.39 is 0 Å². The summed E-state index contributed by atoms with van der Waals surface area (Å²) in [5.41, 5.74) is 6.79. The van der Waals surface area contributed by atoms with E-state index in [0.29, 0.717) is 25.2 Å². The lowest BCUT2D eigenvalue weighted by atomic mass is 9.99. The Bertz CT molecular complexity index is 1580. The third-order valence-corrected chi connectivity index (χ3v) is 7.24. The van der Waals surface area contributed by atoms with Crippen LogP contribution in [0.1, 0.15) is 46.1 Å². The molecule has 0 bridgehead atoms. The van der Waals surface area contributed by atoms with Crippen LogP contribution in [0.5, 0.6) is 0 Å². The predicted octanol–water partition coefficient (Wildman–Crippen LogP) is 5.19. The molecule has 1 fully saturated rings. The van der Waals surface area contributed by atoms with Gasteiger partial charge in [0, 0.05) is 36.5 Å². The second kappa shape index (κ2) is 8.62. The highest BCUT2D eigenvalue weighted by Crippen LogP contribution is 2.30. The predicted molar refractivity (Wildman–Crippen MR) is 139 cm³/mol. The van der Waals surface area contributed by atoms with Crippen LogP contribution in [0, 0.1) is 6.92 Å². The number of benzene rings is 3. The average Bonchev–Trinajstić information content (AvgIpc) is 3.41. The van der Waals surface area contributed by atoms with Gasteiger partial charge >= 0.3 is 5.69 Å². The topological polar surface area (TPSA) is 73.9 Å². The van der Waals surface area contributed by atoms with E-state index in [4.69, 9.17) is 0 Å². The van der Waals surface area contributed by atoms with Crippen LogP contribution in [0.15, 0.2) is 77.6 Å². The maximum atomic E-state index is 13.8. The molecule has 2 aromatic heterocycles. The van der Waals surface area contributed by atoms with Crippen LogP contribution in [0.3, 0.4) is 0 Å². The van der Waals surface area contributed by atoms with Gasteiger partial charge in [0.25, 0.3) is 5.91 Å². The molecule has 1 amide bonds. The highest BCUT2D eigenvalue weighted by Gasteiger charge is 2.29. The van der Waals surface area contributed by atoms with Crippen molar-refractivity contribution in [3.8, 4) is 0 Å². The Morgan fingerprint density at radius 3 is 2.46 bits per heavy atom. The van der Waals surface area contributed by atoms with E-state index in [1.807, 2.05) is 51.9 Å². The van der Waals surface area contributed by atoms with E-state index in [9.17, 15) is 9.59 Å². The van der Waals surface area contributed by atoms with Gasteiger partial charge in [0.1, 0.15) is 5.69 Å². The average molecular weight is 465 g/mol. The zero-order chi connectivity index (χ0) is 23.9. The van der Waals surface area contributed by atoms with Gasteiger partial charge in [-0.2, -0.15) is 0 Å². The Balaban J connectivity index is 1.29. The molecule has 0 saturated carbocycles. The van der Waals surface area contributed by atoms with Crippen LogP contribution >= 0.6 is 0 Å². The lowest BCUT2D eigenvalue weighted by Crippen LogP contribution is -2.41. The van der Waals surface area contributed by atoms with Gasteiger partial charge in [-0.3, -0.25) is 9.36 Å². The molecule has 0 aliphatic carbocycles. The van der Waals surface area contributed by atoms with Gasteiger partial charge in [0.2, 0.25) is 0 Å². The van der Waals surface area contributed by atoms with Crippen LogP contribution in [0.2, 0.25) is 0 Å². The molecule has 3 aromatic carbocycles. The number of nitrogens with zero attached hydrogens (tertiary/aromatic N) is 2. The van der Waals surface area contributed by atoms with Gasteiger partial charge in [-0.15, -0.1) is 0 Å². The molecule has 3 heterocycles. The maximum absolute atomic E-state index is 13.8. The van der Waals surface area contributed by atoms with Crippen LogP contribution in [-0.4, -0.2) is 38.4 Å². The van der Waals surface area contributed by atoms with Crippen molar-refractivity contribution < 1.29 is 4.79 Å². The number of hydrogen-bond acceptors (Lipinski definition) is 2. The molecule has 6 rings (SSSR count). The van der Waals surface area contributed by atoms with Crippen molar-refractivity contribution >= 4 is 27.8 Å². The Labute approximate surface area is 203 Å². The second-order valence-corrected chi connectivity index (χ2v) is 9.53. The zero-order valence-corrected chi connectivity index (χ0v) is 19.8. The molecule has 0 atom stereocenters. The maximum Gasteiger partial charge on any atom is 0.326 e. The van der Waals surface area contributed by atoms with E-state index >= 15 is 0 Å². The summed E-state index contributed by atoms with van der Waals surface area (Å²) >= 11 is 0. The number of hydrogen-bond donors (Lipinski definition) is 2. The fourth-order valence-electron chi connectivity index (χ4n) is 5.45. The van der Waals surface area contributed by atoms with Gasteiger partial charge in [0.15, 0.2) is 0 Å². The smallest absolute Gasteiger partial charge is 0.326 e. The molecule has 5 aromatic rings. The van der Waals surface area contributed by atoms with Gasteiger partial charge in [0.05, 0.1) is 11.0 Å². The summed E-state index contributed by atoms with van der Waals surface area (Å²) in [6.07, 6.45) is 2.20. The number of piperidine rings is 1. The van der Waals surface area contributed by atoms with Crippen molar-refractivity contribution in [2.24, 2.45) is 0 Å². The first-order chi connectivity index (χ1) is 17.1. The van der Waals surface area contributed by atoms with Crippen molar-refractivity contribution in [3.05, 3.63) is 106 Å². The Morgan fingerprint density at radius 1 is 0.914 bits per heavy atom. The minimum atomic E-state index is -0.0767. The number of aryl methyl sites for hydroxylation is 1. The van der Waals surface area contributed by atoms with E-state index in [2.05, 4.69) is 47.2 Å². The van der Waals surface area contributed by atoms with Crippen molar-refractivity contribution in [1.82, 2.24) is 19.4 Å². The number of carbonyl (C=O) groups is 1. The van der Waals surface area contributed by atoms with Crippen LogP contribution < -0.4 is 5.69 Å². The van der Waals surface area contributed by atoms with Gasteiger partial charge in [-0.1, -0.05) is 54.1 Å². The highest BCUT2D eigenvalue weighted by atomic mass is 16.2. The van der Waals surface area contributed by atoms with Crippen molar-refractivity contribution in [2.75, 3.05) is 13.1 Å². The molecule has 6 heteroatoms. The third kappa shape index (κ3) is 3.85. The number of imidazole rings is 1. The number of para-hydroxylation sites is 2. The lowest BCUT2D eigenvalue weighted by Gasteiger charge is -2.32. The Hall–Kier alpha value is -4.06. The number of fused-ring (bicyclic) bond motifs is 2. The first kappa shape index (κ1) is 21.5. The van der Waals surface area contributed by atoms with Crippen molar-refractivity contribution in [2.45, 2.75) is 32.2 Å². The molecule has 0 unspecified atom stereocenters. The summed E-state index contributed by atoms with van der Waals surface area (Å²) in [7, 11) is 0. The molecular weight excluding hydrogens is 436 g/mol. The van der Waals surface area contributed by atoms with E-state index in [1.54, 1.807) is 0 Å². The van der Waals surface area contributed by atoms with Gasteiger partial charge in [-0.05, 0) is 55.2 Å². The Morgan fingerprint density at radius 2 is 1.66 bits per heavy atom. The third-order valence-electron chi connectivity index (χ3n) is 7.24. The minimum Gasteiger partial charge on any atom is -0.350 e. The molecule has 6 nitrogen and oxygen atoms in total. The zero-order valence-electron chi connectivity index (χ0n) is 19.8. The van der Waals surface area contributed by atoms with Crippen LogP contribution in [-0.2, 0) is 6.42 Å². The van der Waals surface area contributed by atoms with Gasteiger partial charge in [-0.25, -0.2) is 4.79 Å². The van der Waals surface area contributed by atoms with Crippen LogP contribution in [0.4, 0.5) is 0 Å². The summed E-state index contributed by atoms with van der Waals surface area (Å²) in [6, 6.07) is 24.5. The summed E-state index contributed by atoms with van der Waals surface area (Å²) in [5, 5.41) is 1.11. The largest absolute Gasteiger partial charge is 0.350 e. The summed E-state index contributed by atoms with van der Waals surface area (Å²) in [6.45, 7) is 3.32. The van der Waals surface area contributed by atoms with Crippen molar-refractivity contribution in [3.63, 3.8) is 0 Å². The summed E-state index contributed by atoms with van der Waals surface area (Å²) in [4.78, 5) is 34.7. The number of rotatable bonds is 4. The highest BCUT2D eigenvalue weighted by molar-refractivity contribution is 6.01. The van der Waals surface area contributed by atoms with Gasteiger partial charge < -0.3 is 14.9 Å². The quantitative estimate of drug-likeness (QED) is 0.384. The number of amides is 1. The first-order valence-corrected chi connectivity index (χ1v) is 12.2. The normalized spacial score (nSPS) is 14.7. The fraction of sp³-hybridized carbons (Fsp3) is 0.241. The molecule has 2 N–H and O–H groups in total. The molecule has 0 radical (unpaired) electrons. The molecule has 1 aliphatic heterocycles. The number of carbonyl (C=O) groups excluding carboxylic acids is 1. The molecule has 1 saturated heterocycles. The summed E-state index contributed by atoms with van der Waals surface area (Å²) < 4.78 is 1.86. The molecule has 1 aliphatic rings. The number of H-pyrrole nitrogens is 2. The SMILES string of the molecule is Cc1ccc2[nH]c(C(=O)N3CCC(n4c(=O)[nH]c5ccccc54)CC3)c(Cc3ccccc3)c2c1. The second-order valence-electron chi connectivity index (χ2n) is 9.53. The minimum absolute atomic E-state index is 0.0366. The fourth-order valence-corrected chi connectivity index (χ4v) is 5.45. The standard InChI is InChI=1S/C29H28N4O2/c1-19-11-12-24-22(17-19)23(18-20-7-3-2-4-8-20)27(30-24)28(34)32-15-13-21(14-16-32)33-26-10-6-5-9-25(26)31-29(33)35/h2-12,17,21,30H,13-16,18H2,1H3,(H,31,35). The number of likely N-dealkylation sites (tertiary alicyclic amines) is 1. The lowest BCUT2D eigenvalue weighted by molar-refractivity contribution is 0.0689. The molecular formula is C29H28N4O2. The number of aromatic amines is 2. The van der Waals surface area contributed by atoms with Crippen LogP contribution in [0.25, 0.3) is 21.9 Å². The first-order valence-electron chi connectivity index (χ1n) is 12.2. The van der Waals surface area contributed by atoms with E-state index in [-0.39, 0.29) is 17.6 Å². The number of nitrogens with one attached hydrogen (secondary N) is 2. The molecule has 35 heavy (non-hydrogen) atoms. The van der Waals surface area contributed by atoms with E-state index in [1.165, 1.54) is 11.1 Å². The monoisotopic (exact) mass is 464 g/mol. The summed E-state index contributed by atoms with van der Waals surface area (Å²) in [5.74, 6) is 0.0366.